The van der Waals surface area contributed by atoms with E-state index in [0.29, 0.717) is 25.2 Å². The van der Waals surface area contributed by atoms with E-state index in [2.05, 4.69) is 10.3 Å². The maximum atomic E-state index is 12.3. The SMILES string of the molecule is FC(F)(F)c1ccc2c(n1)C[N]CC2. The van der Waals surface area contributed by atoms with Crippen LogP contribution < -0.4 is 5.32 Å². The van der Waals surface area contributed by atoms with E-state index >= 15 is 0 Å². The summed E-state index contributed by atoms with van der Waals surface area (Å²) in [6.07, 6.45) is -3.66. The number of aromatic nitrogens is 1. The van der Waals surface area contributed by atoms with Crippen molar-refractivity contribution in [2.45, 2.75) is 19.1 Å². The van der Waals surface area contributed by atoms with Crippen LogP contribution in [0.5, 0.6) is 0 Å². The molecule has 0 aromatic carbocycles. The van der Waals surface area contributed by atoms with Crippen molar-refractivity contribution in [2.24, 2.45) is 0 Å². The van der Waals surface area contributed by atoms with E-state index in [1.54, 1.807) is 0 Å². The third-order valence-electron chi connectivity index (χ3n) is 2.16. The van der Waals surface area contributed by atoms with Crippen LogP contribution in [0.4, 0.5) is 13.2 Å². The minimum absolute atomic E-state index is 0.305. The fourth-order valence-electron chi connectivity index (χ4n) is 1.44. The highest BCUT2D eigenvalue weighted by Crippen LogP contribution is 2.28. The van der Waals surface area contributed by atoms with Gasteiger partial charge in [-0.05, 0) is 18.1 Å². The molecule has 75 valence electrons. The summed E-state index contributed by atoms with van der Waals surface area (Å²) in [4.78, 5) is 3.57. The molecule has 0 atom stereocenters. The maximum Gasteiger partial charge on any atom is 0.433 e. The fraction of sp³-hybridized carbons (Fsp3) is 0.444. The van der Waals surface area contributed by atoms with Crippen LogP contribution in [0.1, 0.15) is 17.0 Å². The lowest BCUT2D eigenvalue weighted by molar-refractivity contribution is -0.141. The van der Waals surface area contributed by atoms with Crippen molar-refractivity contribution in [3.8, 4) is 0 Å². The van der Waals surface area contributed by atoms with Gasteiger partial charge in [0.15, 0.2) is 0 Å². The Balaban J connectivity index is 2.39. The molecule has 1 aliphatic heterocycles. The van der Waals surface area contributed by atoms with Gasteiger partial charge < -0.3 is 0 Å². The summed E-state index contributed by atoms with van der Waals surface area (Å²) in [7, 11) is 0. The summed E-state index contributed by atoms with van der Waals surface area (Å²) in [6, 6.07) is 2.53. The summed E-state index contributed by atoms with van der Waals surface area (Å²) in [5.41, 5.74) is 0.521. The van der Waals surface area contributed by atoms with Crippen molar-refractivity contribution in [3.63, 3.8) is 0 Å². The number of rotatable bonds is 0. The largest absolute Gasteiger partial charge is 0.433 e. The Hall–Kier alpha value is -1.10. The highest BCUT2D eigenvalue weighted by molar-refractivity contribution is 5.26. The summed E-state index contributed by atoms with van der Waals surface area (Å²) in [5, 5.41) is 4.01. The minimum atomic E-state index is -4.35. The van der Waals surface area contributed by atoms with E-state index in [1.807, 2.05) is 0 Å². The smallest absolute Gasteiger partial charge is 0.247 e. The first-order valence-electron chi connectivity index (χ1n) is 4.26. The third kappa shape index (κ3) is 1.72. The Kier molecular flexibility index (Phi) is 2.19. The van der Waals surface area contributed by atoms with Crippen LogP contribution in [-0.4, -0.2) is 11.5 Å². The molecule has 0 saturated carbocycles. The molecule has 0 saturated heterocycles. The van der Waals surface area contributed by atoms with Gasteiger partial charge in [0, 0.05) is 6.54 Å². The van der Waals surface area contributed by atoms with Crippen LogP contribution in [0.3, 0.4) is 0 Å². The predicted octanol–water partition coefficient (Wildman–Crippen LogP) is 1.76. The molecule has 2 nitrogen and oxygen atoms in total. The number of nitrogens with zero attached hydrogens (tertiary/aromatic N) is 2. The normalized spacial score (nSPS) is 16.5. The zero-order valence-corrected chi connectivity index (χ0v) is 7.30. The molecular formula is C9H8F3N2. The standard InChI is InChI=1S/C9H8F3N2/c10-9(11,12)8-2-1-6-3-4-13-5-7(6)14-8/h1-2H,3-5H2. The van der Waals surface area contributed by atoms with Crippen molar-refractivity contribution < 1.29 is 13.2 Å². The molecule has 0 unspecified atom stereocenters. The van der Waals surface area contributed by atoms with E-state index in [9.17, 15) is 13.2 Å². The quantitative estimate of drug-likeness (QED) is 0.628. The first-order chi connectivity index (χ1) is 6.57. The Morgan fingerprint density at radius 1 is 1.21 bits per heavy atom. The number of alkyl halides is 3. The number of fused-ring (bicyclic) bond motifs is 1. The van der Waals surface area contributed by atoms with Gasteiger partial charge in [-0.15, -0.1) is 0 Å². The molecule has 1 aromatic heterocycles. The number of halogens is 3. The van der Waals surface area contributed by atoms with E-state index in [1.165, 1.54) is 6.07 Å². The first kappa shape index (κ1) is 9.45. The number of hydrogen-bond donors (Lipinski definition) is 0. The Labute approximate surface area is 79.2 Å². The van der Waals surface area contributed by atoms with Crippen LogP contribution in [-0.2, 0) is 19.1 Å². The maximum absolute atomic E-state index is 12.3. The van der Waals surface area contributed by atoms with Gasteiger partial charge in [0.05, 0.1) is 12.2 Å². The predicted molar refractivity (Wildman–Crippen MR) is 43.6 cm³/mol. The van der Waals surface area contributed by atoms with Crippen LogP contribution >= 0.6 is 0 Å². The van der Waals surface area contributed by atoms with Gasteiger partial charge in [-0.2, -0.15) is 13.2 Å². The summed E-state index contributed by atoms with van der Waals surface area (Å²) < 4.78 is 36.8. The molecule has 0 aliphatic carbocycles. The average Bonchev–Trinajstić information content (AvgIpc) is 2.16. The number of hydrogen-bond acceptors (Lipinski definition) is 1. The fourth-order valence-corrected chi connectivity index (χ4v) is 1.44. The van der Waals surface area contributed by atoms with Gasteiger partial charge in [-0.25, -0.2) is 10.3 Å². The van der Waals surface area contributed by atoms with Gasteiger partial charge in [0.1, 0.15) is 5.69 Å². The Bertz CT molecular complexity index is 346. The van der Waals surface area contributed by atoms with Crippen molar-refractivity contribution in [1.29, 1.82) is 0 Å². The van der Waals surface area contributed by atoms with Crippen LogP contribution in [0.15, 0.2) is 12.1 Å². The zero-order valence-electron chi connectivity index (χ0n) is 7.30. The Morgan fingerprint density at radius 2 is 2.00 bits per heavy atom. The van der Waals surface area contributed by atoms with E-state index in [0.717, 1.165) is 11.6 Å². The zero-order chi connectivity index (χ0) is 10.2. The molecule has 0 fully saturated rings. The molecule has 0 spiro atoms. The second-order valence-corrected chi connectivity index (χ2v) is 3.16. The molecule has 2 heterocycles. The molecule has 1 radical (unpaired) electrons. The molecule has 1 aliphatic rings. The highest BCUT2D eigenvalue weighted by Gasteiger charge is 2.33. The summed E-state index contributed by atoms with van der Waals surface area (Å²) in [6.45, 7) is 0.985. The lowest BCUT2D eigenvalue weighted by atomic mass is 10.1. The van der Waals surface area contributed by atoms with Crippen molar-refractivity contribution in [1.82, 2.24) is 10.3 Å². The highest BCUT2D eigenvalue weighted by atomic mass is 19.4. The third-order valence-corrected chi connectivity index (χ3v) is 2.16. The molecule has 2 rings (SSSR count). The second-order valence-electron chi connectivity index (χ2n) is 3.16. The van der Waals surface area contributed by atoms with Crippen molar-refractivity contribution in [3.05, 3.63) is 29.1 Å². The van der Waals surface area contributed by atoms with E-state index in [4.69, 9.17) is 0 Å². The molecule has 0 N–H and O–H groups in total. The first-order valence-corrected chi connectivity index (χ1v) is 4.26. The summed E-state index contributed by atoms with van der Waals surface area (Å²) >= 11 is 0. The van der Waals surface area contributed by atoms with Crippen molar-refractivity contribution in [2.75, 3.05) is 6.54 Å². The van der Waals surface area contributed by atoms with Crippen molar-refractivity contribution >= 4 is 0 Å². The van der Waals surface area contributed by atoms with Gasteiger partial charge in [-0.1, -0.05) is 6.07 Å². The van der Waals surface area contributed by atoms with Crippen LogP contribution in [0, 0.1) is 0 Å². The van der Waals surface area contributed by atoms with Gasteiger partial charge in [0.25, 0.3) is 0 Å². The molecule has 5 heteroatoms. The summed E-state index contributed by atoms with van der Waals surface area (Å²) in [5.74, 6) is 0. The topological polar surface area (TPSA) is 27.0 Å². The molecule has 0 bridgehead atoms. The van der Waals surface area contributed by atoms with E-state index in [-0.39, 0.29) is 0 Å². The van der Waals surface area contributed by atoms with Crippen LogP contribution in [0.2, 0.25) is 0 Å². The van der Waals surface area contributed by atoms with Gasteiger partial charge >= 0.3 is 6.18 Å². The lowest BCUT2D eigenvalue weighted by Gasteiger charge is -2.16. The van der Waals surface area contributed by atoms with E-state index < -0.39 is 11.9 Å². The molecule has 1 aromatic rings. The lowest BCUT2D eigenvalue weighted by Crippen LogP contribution is -2.21. The van der Waals surface area contributed by atoms with Crippen LogP contribution in [0.25, 0.3) is 0 Å². The Morgan fingerprint density at radius 3 is 2.71 bits per heavy atom. The molecule has 0 amide bonds. The number of pyridine rings is 1. The molecular weight excluding hydrogens is 193 g/mol. The van der Waals surface area contributed by atoms with Gasteiger partial charge in [-0.3, -0.25) is 0 Å². The monoisotopic (exact) mass is 201 g/mol. The average molecular weight is 201 g/mol. The second kappa shape index (κ2) is 3.24. The van der Waals surface area contributed by atoms with Gasteiger partial charge in [0.2, 0.25) is 0 Å². The molecule has 14 heavy (non-hydrogen) atoms. The minimum Gasteiger partial charge on any atom is -0.247 e.